The second-order valence-corrected chi connectivity index (χ2v) is 15.9. The molecule has 19 nitrogen and oxygen atoms in total. The number of hydrogen-bond acceptors (Lipinski definition) is 18. The molecule has 4 aromatic carbocycles. The van der Waals surface area contributed by atoms with Crippen LogP contribution in [-0.4, -0.2) is 82.0 Å². The van der Waals surface area contributed by atoms with Crippen LogP contribution in [0.2, 0.25) is 0 Å². The number of hydrazone groups is 2. The molecule has 0 aliphatic heterocycles. The number of ketones is 2. The zero-order valence-electron chi connectivity index (χ0n) is 32.0. The molecule has 0 fully saturated rings. The van der Waals surface area contributed by atoms with E-state index in [1.54, 1.807) is 0 Å². The van der Waals surface area contributed by atoms with Gasteiger partial charge in [0.2, 0.25) is 11.6 Å². The first-order chi connectivity index (χ1) is 26.8. The molecular formula is C35H24N5Na3O14S3. The molecule has 294 valence electrons. The Hall–Kier alpha value is -3.56. The Morgan fingerprint density at radius 1 is 0.633 bits per heavy atom. The van der Waals surface area contributed by atoms with E-state index in [9.17, 15) is 53.3 Å². The van der Waals surface area contributed by atoms with Gasteiger partial charge in [-0.05, 0) is 60.2 Å². The van der Waals surface area contributed by atoms with Crippen molar-refractivity contribution in [2.75, 3.05) is 30.4 Å². The van der Waals surface area contributed by atoms with Gasteiger partial charge in [-0.3, -0.25) is 25.2 Å². The number of nitrogens with one attached hydrogen (secondary N) is 3. The summed E-state index contributed by atoms with van der Waals surface area (Å²) in [5, 5.41) is 10.5. The molecule has 0 saturated heterocycles. The van der Waals surface area contributed by atoms with Crippen LogP contribution in [0, 0.1) is 0 Å². The van der Waals surface area contributed by atoms with Crippen molar-refractivity contribution in [3.8, 4) is 11.5 Å². The minimum absolute atomic E-state index is 0. The van der Waals surface area contributed by atoms with Crippen molar-refractivity contribution < 1.29 is 151 Å². The monoisotopic (exact) mass is 903 g/mol. The number of rotatable bonds is 11. The van der Waals surface area contributed by atoms with Gasteiger partial charge in [0, 0.05) is 40.1 Å². The summed E-state index contributed by atoms with van der Waals surface area (Å²) in [6, 6.07) is 14.0. The number of methoxy groups -OCH3 is 2. The van der Waals surface area contributed by atoms with E-state index in [-0.39, 0.29) is 145 Å². The summed E-state index contributed by atoms with van der Waals surface area (Å²) < 4.78 is 117. The number of carbonyl (C=O) groups excluding carboxylic acids is 3. The predicted octanol–water partition coefficient (Wildman–Crippen LogP) is -6.26. The molecule has 0 atom stereocenters. The molecule has 0 spiro atoms. The van der Waals surface area contributed by atoms with Crippen molar-refractivity contribution >= 4 is 88.5 Å². The smallest absolute Gasteiger partial charge is 0.744 e. The van der Waals surface area contributed by atoms with Gasteiger partial charge in [-0.15, -0.1) is 0 Å². The predicted molar refractivity (Wildman–Crippen MR) is 200 cm³/mol. The summed E-state index contributed by atoms with van der Waals surface area (Å²) in [6.07, 6.45) is 3.47. The maximum atomic E-state index is 13.7. The van der Waals surface area contributed by atoms with Crippen molar-refractivity contribution in [1.82, 2.24) is 0 Å². The van der Waals surface area contributed by atoms with Crippen LogP contribution < -0.4 is 114 Å². The SMILES string of the molecule is COc1cc(N/N=C2\C(=O)c3cccc(NC(=O)c4ccc(S(=O)(=O)[O-])cc4)c3C=C2S(=O)(=O)[O-])c(OC)cc1N/N=C1\C(=O)C=Cc2ccc(S(=O)(=O)[O-])cc21.[Na+].[Na+].[Na+]. The van der Waals surface area contributed by atoms with E-state index in [4.69, 9.17) is 9.47 Å². The van der Waals surface area contributed by atoms with Crippen LogP contribution in [0.3, 0.4) is 0 Å². The van der Waals surface area contributed by atoms with Gasteiger partial charge in [0.05, 0.1) is 28.9 Å². The summed E-state index contributed by atoms with van der Waals surface area (Å²) in [7, 11) is -12.5. The molecule has 0 radical (unpaired) electrons. The summed E-state index contributed by atoms with van der Waals surface area (Å²) in [6.45, 7) is 0. The van der Waals surface area contributed by atoms with Gasteiger partial charge < -0.3 is 28.4 Å². The van der Waals surface area contributed by atoms with Gasteiger partial charge in [-0.2, -0.15) is 10.2 Å². The molecular weight excluding hydrogens is 880 g/mol. The number of amides is 1. The fourth-order valence-corrected chi connectivity index (χ4v) is 7.17. The molecule has 0 bridgehead atoms. The van der Waals surface area contributed by atoms with Gasteiger partial charge in [-0.25, -0.2) is 25.3 Å². The maximum absolute atomic E-state index is 13.7. The molecule has 3 N–H and O–H groups in total. The molecule has 0 heterocycles. The summed E-state index contributed by atoms with van der Waals surface area (Å²) in [4.78, 5) is 37.2. The fourth-order valence-electron chi connectivity index (χ4n) is 5.57. The molecule has 1 amide bonds. The average molecular weight is 904 g/mol. The number of carbonyl (C=O) groups is 3. The molecule has 0 unspecified atom stereocenters. The second-order valence-electron chi connectivity index (χ2n) is 11.8. The number of nitrogens with zero attached hydrogens (tertiary/aromatic N) is 2. The van der Waals surface area contributed by atoms with Crippen LogP contribution in [0.15, 0.2) is 104 Å². The third-order valence-electron chi connectivity index (χ3n) is 8.31. The van der Waals surface area contributed by atoms with Crippen LogP contribution in [0.25, 0.3) is 12.2 Å². The topological polar surface area (TPSA) is 302 Å². The minimum Gasteiger partial charge on any atom is -0.744 e. The Bertz CT molecular complexity index is 2880. The van der Waals surface area contributed by atoms with Crippen LogP contribution in [-0.2, 0) is 35.1 Å². The number of hydrogen-bond donors (Lipinski definition) is 3. The van der Waals surface area contributed by atoms with Crippen LogP contribution in [0.4, 0.5) is 17.1 Å². The first-order valence-corrected chi connectivity index (χ1v) is 20.0. The molecule has 4 aromatic rings. The van der Waals surface area contributed by atoms with Gasteiger partial charge in [0.25, 0.3) is 5.91 Å². The zero-order valence-corrected chi connectivity index (χ0v) is 40.4. The molecule has 2 aliphatic rings. The Morgan fingerprint density at radius 3 is 1.72 bits per heavy atom. The van der Waals surface area contributed by atoms with E-state index < -0.39 is 68.2 Å². The number of allylic oxidation sites excluding steroid dienone is 2. The molecule has 2 aliphatic carbocycles. The van der Waals surface area contributed by atoms with E-state index in [1.165, 1.54) is 62.8 Å². The van der Waals surface area contributed by atoms with Crippen LogP contribution >= 0.6 is 0 Å². The van der Waals surface area contributed by atoms with Crippen molar-refractivity contribution in [3.05, 3.63) is 112 Å². The van der Waals surface area contributed by atoms with Crippen LogP contribution in [0.1, 0.15) is 37.4 Å². The largest absolute Gasteiger partial charge is 1.00 e. The van der Waals surface area contributed by atoms with Crippen molar-refractivity contribution in [2.45, 2.75) is 9.79 Å². The van der Waals surface area contributed by atoms with Gasteiger partial charge in [0.1, 0.15) is 64.7 Å². The Labute approximate surface area is 408 Å². The third kappa shape index (κ3) is 11.1. The van der Waals surface area contributed by atoms with E-state index in [0.29, 0.717) is 5.56 Å². The fraction of sp³-hybridized carbons (Fsp3) is 0.0571. The quantitative estimate of drug-likeness (QED) is 0.0717. The third-order valence-corrected chi connectivity index (χ3v) is 10.8. The number of fused-ring (bicyclic) bond motifs is 2. The standard InChI is InChI=1S/C35H27N5O14S3.3Na/c1-53-29-17-27(30(54-2)16-26(29)37-39-32-23-14-21(56(47,48)49)12-6-18(23)9-13-28(32)41)38-40-33-31(57(50,51)52)15-24-22(34(33)42)4-3-5-25(24)36-35(43)19-7-10-20(11-8-19)55(44,45)46;;;/h3-17,37-38H,1-2H3,(H,36,43)(H,44,45,46)(H,47,48,49)(H,50,51,52);;;/q;3*+1/p-3/b39-32-,40-33-;;;. The number of Topliss-reactive ketones (excluding diaryl/α,β-unsaturated/α-hetero) is 1. The maximum Gasteiger partial charge on any atom is 1.00 e. The van der Waals surface area contributed by atoms with Crippen molar-refractivity contribution in [3.63, 3.8) is 0 Å². The van der Waals surface area contributed by atoms with Crippen molar-refractivity contribution in [2.24, 2.45) is 10.2 Å². The van der Waals surface area contributed by atoms with Crippen LogP contribution in [0.5, 0.6) is 11.5 Å². The first kappa shape index (κ1) is 50.8. The Morgan fingerprint density at radius 2 is 1.18 bits per heavy atom. The summed E-state index contributed by atoms with van der Waals surface area (Å²) >= 11 is 0. The number of anilines is 3. The second kappa shape index (κ2) is 20.1. The summed E-state index contributed by atoms with van der Waals surface area (Å²) in [5.41, 5.74) is 4.10. The number of ether oxygens (including phenoxy) is 2. The first-order valence-electron chi connectivity index (χ1n) is 15.8. The van der Waals surface area contributed by atoms with Gasteiger partial charge >= 0.3 is 88.7 Å². The Balaban J connectivity index is 0.00000320. The van der Waals surface area contributed by atoms with E-state index >= 15 is 0 Å². The molecule has 25 heteroatoms. The zero-order chi connectivity index (χ0) is 41.4. The van der Waals surface area contributed by atoms with E-state index in [1.807, 2.05) is 0 Å². The minimum atomic E-state index is -5.40. The summed E-state index contributed by atoms with van der Waals surface area (Å²) in [5.74, 6) is -2.47. The van der Waals surface area contributed by atoms with Gasteiger partial charge in [-0.1, -0.05) is 24.3 Å². The molecule has 0 saturated carbocycles. The molecule has 0 aromatic heterocycles. The van der Waals surface area contributed by atoms with Crippen molar-refractivity contribution in [1.29, 1.82) is 0 Å². The molecule has 6 rings (SSSR count). The normalized spacial score (nSPS) is 14.7. The molecule has 60 heavy (non-hydrogen) atoms. The number of benzene rings is 4. The van der Waals surface area contributed by atoms with Gasteiger partial charge in [0.15, 0.2) is 0 Å². The Kier molecular flexibility index (Phi) is 17.0. The van der Waals surface area contributed by atoms with E-state index in [2.05, 4.69) is 26.4 Å². The van der Waals surface area contributed by atoms with E-state index in [0.717, 1.165) is 42.5 Å². The average Bonchev–Trinajstić information content (AvgIpc) is 3.15.